The number of hydrogen-bond acceptors (Lipinski definition) is 2. The highest BCUT2D eigenvalue weighted by atomic mass is 79.9. The van der Waals surface area contributed by atoms with Gasteiger partial charge in [0.25, 0.3) is 0 Å². The van der Waals surface area contributed by atoms with Crippen LogP contribution in [-0.2, 0) is 0 Å². The van der Waals surface area contributed by atoms with Crippen LogP contribution in [0.3, 0.4) is 0 Å². The molecule has 0 spiro atoms. The van der Waals surface area contributed by atoms with Crippen LogP contribution >= 0.6 is 47.8 Å². The molecule has 0 heterocycles. The van der Waals surface area contributed by atoms with Crippen molar-refractivity contribution in [3.05, 3.63) is 195 Å². The minimum Gasteiger partial charge on any atom is -0.537 e. The lowest BCUT2D eigenvalue weighted by atomic mass is 9.89. The Labute approximate surface area is 348 Å². The summed E-state index contributed by atoms with van der Waals surface area (Å²) >= 11 is 11.2. The van der Waals surface area contributed by atoms with E-state index >= 15 is 0 Å². The van der Waals surface area contributed by atoms with Crippen molar-refractivity contribution >= 4 is 120 Å². The average Bonchev–Trinajstić information content (AvgIpc) is 3.25. The summed E-state index contributed by atoms with van der Waals surface area (Å²) in [6, 6.07) is 54.4. The van der Waals surface area contributed by atoms with E-state index in [9.17, 15) is 8.78 Å². The van der Waals surface area contributed by atoms with Gasteiger partial charge in [-0.05, 0) is 126 Å². The Balaban J connectivity index is 0.000000126. The molecule has 0 unspecified atom stereocenters. The molecule has 10 aromatic rings. The Bertz CT molecular complexity index is 2910. The summed E-state index contributed by atoms with van der Waals surface area (Å²) in [5, 5.41) is 20.8. The maximum absolute atomic E-state index is 14.4. The molecule has 56 heavy (non-hydrogen) atoms. The first-order valence-electron chi connectivity index (χ1n) is 17.7. The molecule has 0 saturated carbocycles. The van der Waals surface area contributed by atoms with Crippen LogP contribution in [0.2, 0.25) is 0 Å². The second kappa shape index (κ2) is 16.5. The SMILES string of the molecule is Brc1c2ccccc2c(Br)c2ccccc12.Fc1ccc(-c2c3ccccc3c(Br)c3ccccc23)c2ccccc12.O[B]Oc1ccc(F)c2ccccc12. The van der Waals surface area contributed by atoms with Crippen molar-refractivity contribution in [1.82, 2.24) is 0 Å². The van der Waals surface area contributed by atoms with Crippen LogP contribution < -0.4 is 4.65 Å². The van der Waals surface area contributed by atoms with Crippen LogP contribution in [0.25, 0.3) is 75.8 Å². The molecule has 1 radical (unpaired) electrons. The van der Waals surface area contributed by atoms with Crippen molar-refractivity contribution in [2.45, 2.75) is 0 Å². The molecule has 8 heteroatoms. The second-order valence-corrected chi connectivity index (χ2v) is 15.3. The highest BCUT2D eigenvalue weighted by Crippen LogP contribution is 2.44. The molecule has 0 aliphatic rings. The Morgan fingerprint density at radius 3 is 1.07 bits per heavy atom. The largest absolute Gasteiger partial charge is 0.569 e. The zero-order valence-electron chi connectivity index (χ0n) is 29.5. The van der Waals surface area contributed by atoms with E-state index in [0.29, 0.717) is 29.6 Å². The molecular weight excluding hydrogens is 897 g/mol. The van der Waals surface area contributed by atoms with E-state index in [0.717, 1.165) is 42.5 Å². The number of benzene rings is 10. The summed E-state index contributed by atoms with van der Waals surface area (Å²) in [5.41, 5.74) is 2.21. The normalized spacial score (nSPS) is 11.0. The fourth-order valence-electron chi connectivity index (χ4n) is 7.26. The van der Waals surface area contributed by atoms with Gasteiger partial charge in [-0.25, -0.2) is 8.78 Å². The molecule has 10 aromatic carbocycles. The summed E-state index contributed by atoms with van der Waals surface area (Å²) in [6.07, 6.45) is 0. The van der Waals surface area contributed by atoms with Crippen molar-refractivity contribution in [3.8, 4) is 16.9 Å². The monoisotopic (exact) mass is 923 g/mol. The Hall–Kier alpha value is -5.12. The summed E-state index contributed by atoms with van der Waals surface area (Å²) in [4.78, 5) is 0. The average molecular weight is 926 g/mol. The van der Waals surface area contributed by atoms with Crippen molar-refractivity contribution in [2.75, 3.05) is 0 Å². The third-order valence-electron chi connectivity index (χ3n) is 9.82. The van der Waals surface area contributed by atoms with Crippen LogP contribution in [0.1, 0.15) is 0 Å². The molecule has 10 rings (SSSR count). The van der Waals surface area contributed by atoms with Crippen LogP contribution in [-0.4, -0.2) is 12.7 Å². The minimum atomic E-state index is -0.300. The first-order valence-corrected chi connectivity index (χ1v) is 20.1. The fraction of sp³-hybridized carbons (Fsp3) is 0. The zero-order valence-corrected chi connectivity index (χ0v) is 34.2. The maximum atomic E-state index is 14.4. The van der Waals surface area contributed by atoms with Gasteiger partial charge < -0.3 is 9.68 Å². The third kappa shape index (κ3) is 7.07. The Morgan fingerprint density at radius 2 is 0.661 bits per heavy atom. The lowest BCUT2D eigenvalue weighted by Gasteiger charge is -2.16. The van der Waals surface area contributed by atoms with Crippen molar-refractivity contribution in [1.29, 1.82) is 0 Å². The van der Waals surface area contributed by atoms with Crippen LogP contribution in [0.4, 0.5) is 8.78 Å². The van der Waals surface area contributed by atoms with E-state index in [4.69, 9.17) is 9.68 Å². The Kier molecular flexibility index (Phi) is 11.2. The highest BCUT2D eigenvalue weighted by Gasteiger charge is 2.16. The topological polar surface area (TPSA) is 29.5 Å². The summed E-state index contributed by atoms with van der Waals surface area (Å²) < 4.78 is 35.9. The zero-order chi connectivity index (χ0) is 38.8. The molecule has 0 saturated heterocycles. The van der Waals surface area contributed by atoms with E-state index in [1.54, 1.807) is 30.3 Å². The molecule has 0 fully saturated rings. The number of hydrogen-bond donors (Lipinski definition) is 1. The van der Waals surface area contributed by atoms with Crippen molar-refractivity contribution in [2.24, 2.45) is 0 Å². The van der Waals surface area contributed by atoms with E-state index < -0.39 is 0 Å². The van der Waals surface area contributed by atoms with Crippen LogP contribution in [0, 0.1) is 11.6 Å². The summed E-state index contributed by atoms with van der Waals surface area (Å²) in [7, 11) is 0.583. The van der Waals surface area contributed by atoms with Gasteiger partial charge in [-0.1, -0.05) is 152 Å². The predicted octanol–water partition coefficient (Wildman–Crippen LogP) is 15.1. The molecule has 2 nitrogen and oxygen atoms in total. The van der Waals surface area contributed by atoms with Gasteiger partial charge >= 0.3 is 7.69 Å². The molecule has 0 aliphatic carbocycles. The van der Waals surface area contributed by atoms with Crippen LogP contribution in [0.5, 0.6) is 5.75 Å². The quantitative estimate of drug-likeness (QED) is 0.141. The van der Waals surface area contributed by atoms with Gasteiger partial charge in [0.15, 0.2) is 0 Å². The van der Waals surface area contributed by atoms with Gasteiger partial charge in [0.05, 0.1) is 0 Å². The number of halogens is 5. The van der Waals surface area contributed by atoms with E-state index in [1.807, 2.05) is 30.3 Å². The lowest BCUT2D eigenvalue weighted by Crippen LogP contribution is -2.00. The molecule has 0 atom stereocenters. The molecule has 0 aliphatic heterocycles. The van der Waals surface area contributed by atoms with E-state index in [-0.39, 0.29) is 11.6 Å². The number of fused-ring (bicyclic) bond motifs is 6. The number of rotatable bonds is 3. The standard InChI is InChI=1S/C24H14BrF.C14H8Br2.C10H7BFO2/c25-24-20-11-5-3-9-17(20)23(18-10-4-6-12-21(18)24)19-13-14-22(26)16-8-2-1-7-15(16)19;15-13-9-5-1-2-6-10(9)14(16)12-8-4-3-7-11(12)13;12-9-5-6-10(14-11-13)8-4-2-1-3-7(8)9/h1-14H;1-8H;1-6,13H. The smallest absolute Gasteiger partial charge is 0.537 e. The first kappa shape index (κ1) is 37.8. The van der Waals surface area contributed by atoms with Crippen LogP contribution in [0.15, 0.2) is 183 Å². The summed E-state index contributed by atoms with van der Waals surface area (Å²) in [6.45, 7) is 0. The predicted molar refractivity (Wildman–Crippen MR) is 241 cm³/mol. The van der Waals surface area contributed by atoms with Gasteiger partial charge in [-0.15, -0.1) is 0 Å². The molecule has 271 valence electrons. The first-order chi connectivity index (χ1) is 27.4. The molecule has 0 aromatic heterocycles. The van der Waals surface area contributed by atoms with Crippen molar-refractivity contribution in [3.63, 3.8) is 0 Å². The lowest BCUT2D eigenvalue weighted by molar-refractivity contribution is 0.456. The van der Waals surface area contributed by atoms with Gasteiger partial charge in [0.1, 0.15) is 17.4 Å². The maximum Gasteiger partial charge on any atom is 0.569 e. The molecule has 1 N–H and O–H groups in total. The third-order valence-corrected chi connectivity index (χ3v) is 12.4. The minimum absolute atomic E-state index is 0.185. The molecular formula is C48H29BBr3F2O2. The molecule has 0 bridgehead atoms. The van der Waals surface area contributed by atoms with E-state index in [1.165, 1.54) is 42.6 Å². The van der Waals surface area contributed by atoms with Gasteiger partial charge in [-0.2, -0.15) is 0 Å². The Morgan fingerprint density at radius 1 is 0.357 bits per heavy atom. The van der Waals surface area contributed by atoms with Gasteiger partial charge in [-0.3, -0.25) is 0 Å². The van der Waals surface area contributed by atoms with E-state index in [2.05, 4.69) is 145 Å². The molecule has 0 amide bonds. The van der Waals surface area contributed by atoms with Gasteiger partial charge in [0.2, 0.25) is 0 Å². The van der Waals surface area contributed by atoms with Gasteiger partial charge in [0, 0.05) is 29.6 Å². The summed E-state index contributed by atoms with van der Waals surface area (Å²) in [5.74, 6) is -0.0505. The second-order valence-electron chi connectivity index (χ2n) is 13.0. The van der Waals surface area contributed by atoms with Crippen molar-refractivity contribution < 1.29 is 18.5 Å². The fourth-order valence-corrected chi connectivity index (χ4v) is 9.34. The highest BCUT2D eigenvalue weighted by molar-refractivity contribution is 9.11.